The van der Waals surface area contributed by atoms with Crippen molar-refractivity contribution in [1.82, 2.24) is 14.3 Å². The Kier molecular flexibility index (Phi) is 5.45. The molecule has 1 amide bonds. The molecule has 0 saturated carbocycles. The zero-order valence-electron chi connectivity index (χ0n) is 14.8. The summed E-state index contributed by atoms with van der Waals surface area (Å²) in [6, 6.07) is 10.1. The Labute approximate surface area is 158 Å². The number of amides is 1. The summed E-state index contributed by atoms with van der Waals surface area (Å²) in [6.07, 6.45) is 2.68. The third-order valence-corrected chi connectivity index (χ3v) is 5.87. The van der Waals surface area contributed by atoms with Crippen molar-refractivity contribution in [3.8, 4) is 11.4 Å². The summed E-state index contributed by atoms with van der Waals surface area (Å²) in [5, 5.41) is 0.948. The van der Waals surface area contributed by atoms with Gasteiger partial charge in [-0.05, 0) is 19.3 Å². The minimum Gasteiger partial charge on any atom is -0.381 e. The van der Waals surface area contributed by atoms with E-state index in [1.807, 2.05) is 35.2 Å². The molecule has 2 aliphatic heterocycles. The average molecular weight is 372 g/mol. The fourth-order valence-electron chi connectivity index (χ4n) is 3.58. The van der Waals surface area contributed by atoms with Gasteiger partial charge in [0.2, 0.25) is 11.0 Å². The first-order valence-corrected chi connectivity index (χ1v) is 10.1. The van der Waals surface area contributed by atoms with Crippen LogP contribution in [0, 0.1) is 5.92 Å². The smallest absolute Gasteiger partial charge is 0.225 e. The second-order valence-corrected chi connectivity index (χ2v) is 7.55. The van der Waals surface area contributed by atoms with E-state index < -0.39 is 0 Å². The van der Waals surface area contributed by atoms with Gasteiger partial charge in [0.25, 0.3) is 0 Å². The predicted octanol–water partition coefficient (Wildman–Crippen LogP) is 2.67. The summed E-state index contributed by atoms with van der Waals surface area (Å²) in [5.74, 6) is 1.23. The van der Waals surface area contributed by atoms with Crippen LogP contribution in [0.5, 0.6) is 0 Å². The first kappa shape index (κ1) is 17.4. The van der Waals surface area contributed by atoms with E-state index in [-0.39, 0.29) is 5.92 Å². The molecule has 0 bridgehead atoms. The minimum absolute atomic E-state index is 0.140. The SMILES string of the molecule is O=C(C1CCOCC1)N1CCCN(c2nc(-c3ccccc3)ns2)CC1. The first-order valence-electron chi connectivity index (χ1n) is 9.32. The maximum atomic E-state index is 12.8. The summed E-state index contributed by atoms with van der Waals surface area (Å²) < 4.78 is 9.90. The van der Waals surface area contributed by atoms with Crippen molar-refractivity contribution < 1.29 is 9.53 Å². The Balaban J connectivity index is 1.39. The van der Waals surface area contributed by atoms with Gasteiger partial charge < -0.3 is 14.5 Å². The normalized spacial score (nSPS) is 19.4. The number of ether oxygens (including phenoxy) is 1. The van der Waals surface area contributed by atoms with E-state index in [1.54, 1.807) is 0 Å². The molecule has 138 valence electrons. The molecular weight excluding hydrogens is 348 g/mol. The monoisotopic (exact) mass is 372 g/mol. The van der Waals surface area contributed by atoms with Crippen LogP contribution >= 0.6 is 11.5 Å². The average Bonchev–Trinajstić information content (AvgIpc) is 3.07. The Morgan fingerprint density at radius 1 is 1.08 bits per heavy atom. The van der Waals surface area contributed by atoms with Crippen LogP contribution in [0.3, 0.4) is 0 Å². The molecule has 4 rings (SSSR count). The van der Waals surface area contributed by atoms with Gasteiger partial charge in [0, 0.05) is 62.4 Å². The maximum Gasteiger partial charge on any atom is 0.225 e. The number of carbonyl (C=O) groups is 1. The van der Waals surface area contributed by atoms with Gasteiger partial charge in [-0.1, -0.05) is 30.3 Å². The number of rotatable bonds is 3. The second kappa shape index (κ2) is 8.14. The topological polar surface area (TPSA) is 58.6 Å². The quantitative estimate of drug-likeness (QED) is 0.829. The molecule has 0 atom stereocenters. The fraction of sp³-hybridized carbons (Fsp3) is 0.526. The largest absolute Gasteiger partial charge is 0.381 e. The molecule has 1 aromatic carbocycles. The Hall–Kier alpha value is -1.99. The van der Waals surface area contributed by atoms with E-state index in [2.05, 4.69) is 9.27 Å². The number of carbonyl (C=O) groups excluding carboxylic acids is 1. The zero-order valence-corrected chi connectivity index (χ0v) is 15.7. The van der Waals surface area contributed by atoms with Gasteiger partial charge in [-0.3, -0.25) is 4.79 Å². The molecule has 2 aromatic rings. The van der Waals surface area contributed by atoms with Crippen molar-refractivity contribution >= 4 is 22.6 Å². The van der Waals surface area contributed by atoms with Crippen LogP contribution in [-0.2, 0) is 9.53 Å². The number of hydrogen-bond acceptors (Lipinski definition) is 6. The Bertz CT molecular complexity index is 730. The van der Waals surface area contributed by atoms with Crippen LogP contribution in [0.15, 0.2) is 30.3 Å². The summed E-state index contributed by atoms with van der Waals surface area (Å²) in [4.78, 5) is 21.8. The highest BCUT2D eigenvalue weighted by Crippen LogP contribution is 2.25. The molecular formula is C19H24N4O2S. The van der Waals surface area contributed by atoms with Gasteiger partial charge in [-0.25, -0.2) is 0 Å². The molecule has 0 unspecified atom stereocenters. The minimum atomic E-state index is 0.140. The highest BCUT2D eigenvalue weighted by atomic mass is 32.1. The standard InChI is InChI=1S/C19H24N4O2S/c24-18(16-7-13-25-14-8-16)22-9-4-10-23(12-11-22)19-20-17(21-26-19)15-5-2-1-3-6-15/h1-3,5-6,16H,4,7-14H2. The van der Waals surface area contributed by atoms with Crippen LogP contribution in [0.2, 0.25) is 0 Å². The van der Waals surface area contributed by atoms with Gasteiger partial charge in [0.1, 0.15) is 0 Å². The third kappa shape index (κ3) is 3.88. The van der Waals surface area contributed by atoms with E-state index in [4.69, 9.17) is 9.72 Å². The number of nitrogens with zero attached hydrogens (tertiary/aromatic N) is 4. The maximum absolute atomic E-state index is 12.8. The van der Waals surface area contributed by atoms with Crippen LogP contribution in [0.25, 0.3) is 11.4 Å². The molecule has 2 aliphatic rings. The fourth-order valence-corrected chi connectivity index (χ4v) is 4.32. The summed E-state index contributed by atoms with van der Waals surface area (Å²) in [7, 11) is 0. The van der Waals surface area contributed by atoms with Gasteiger partial charge >= 0.3 is 0 Å². The van der Waals surface area contributed by atoms with Crippen LogP contribution in [0.1, 0.15) is 19.3 Å². The molecule has 26 heavy (non-hydrogen) atoms. The van der Waals surface area contributed by atoms with E-state index in [0.29, 0.717) is 19.1 Å². The van der Waals surface area contributed by atoms with Crippen molar-refractivity contribution in [1.29, 1.82) is 0 Å². The molecule has 0 N–H and O–H groups in total. The van der Waals surface area contributed by atoms with E-state index in [0.717, 1.165) is 62.0 Å². The lowest BCUT2D eigenvalue weighted by Crippen LogP contribution is -2.40. The van der Waals surface area contributed by atoms with Gasteiger partial charge in [0.15, 0.2) is 5.82 Å². The summed E-state index contributed by atoms with van der Waals surface area (Å²) >= 11 is 1.44. The highest BCUT2D eigenvalue weighted by Gasteiger charge is 2.28. The van der Waals surface area contributed by atoms with Crippen LogP contribution in [-0.4, -0.2) is 59.6 Å². The van der Waals surface area contributed by atoms with Gasteiger partial charge in [0.05, 0.1) is 0 Å². The molecule has 2 saturated heterocycles. The first-order chi connectivity index (χ1) is 12.8. The van der Waals surface area contributed by atoms with Gasteiger partial charge in [-0.15, -0.1) is 0 Å². The molecule has 2 fully saturated rings. The molecule has 6 nitrogen and oxygen atoms in total. The Morgan fingerprint density at radius 2 is 1.88 bits per heavy atom. The van der Waals surface area contributed by atoms with Crippen molar-refractivity contribution in [2.75, 3.05) is 44.3 Å². The number of anilines is 1. The second-order valence-electron chi connectivity index (χ2n) is 6.82. The molecule has 1 aromatic heterocycles. The van der Waals surface area contributed by atoms with Crippen molar-refractivity contribution in [2.24, 2.45) is 5.92 Å². The van der Waals surface area contributed by atoms with Crippen molar-refractivity contribution in [3.05, 3.63) is 30.3 Å². The molecule has 3 heterocycles. The zero-order chi connectivity index (χ0) is 17.8. The molecule has 0 radical (unpaired) electrons. The number of benzene rings is 1. The van der Waals surface area contributed by atoms with E-state index >= 15 is 0 Å². The molecule has 7 heteroatoms. The van der Waals surface area contributed by atoms with E-state index in [9.17, 15) is 4.79 Å². The van der Waals surface area contributed by atoms with Crippen molar-refractivity contribution in [2.45, 2.75) is 19.3 Å². The van der Waals surface area contributed by atoms with E-state index in [1.165, 1.54) is 11.5 Å². The lowest BCUT2D eigenvalue weighted by atomic mass is 9.98. The van der Waals surface area contributed by atoms with Crippen LogP contribution < -0.4 is 4.90 Å². The third-order valence-electron chi connectivity index (χ3n) is 5.10. The van der Waals surface area contributed by atoms with Crippen LogP contribution in [0.4, 0.5) is 5.13 Å². The van der Waals surface area contributed by atoms with Crippen molar-refractivity contribution in [3.63, 3.8) is 0 Å². The lowest BCUT2D eigenvalue weighted by molar-refractivity contribution is -0.138. The Morgan fingerprint density at radius 3 is 2.69 bits per heavy atom. The number of hydrogen-bond donors (Lipinski definition) is 0. The highest BCUT2D eigenvalue weighted by molar-refractivity contribution is 7.09. The number of aromatic nitrogens is 2. The lowest BCUT2D eigenvalue weighted by Gasteiger charge is -2.28. The summed E-state index contributed by atoms with van der Waals surface area (Å²) in [6.45, 7) is 4.75. The predicted molar refractivity (Wildman–Crippen MR) is 102 cm³/mol. The molecule has 0 aliphatic carbocycles. The summed E-state index contributed by atoms with van der Waals surface area (Å²) in [5.41, 5.74) is 1.04. The van der Waals surface area contributed by atoms with Gasteiger partial charge in [-0.2, -0.15) is 9.36 Å². The molecule has 0 spiro atoms.